The summed E-state index contributed by atoms with van der Waals surface area (Å²) in [5.41, 5.74) is 11.0. The van der Waals surface area contributed by atoms with Crippen LogP contribution in [0.4, 0.5) is 0 Å². The molecule has 1 unspecified atom stereocenters. The number of thiazole rings is 1. The van der Waals surface area contributed by atoms with Gasteiger partial charge in [-0.1, -0.05) is 54.6 Å². The number of hydrogen-bond acceptors (Lipinski definition) is 3. The van der Waals surface area contributed by atoms with E-state index < -0.39 is 0 Å². The van der Waals surface area contributed by atoms with E-state index in [0.717, 1.165) is 21.8 Å². The molecule has 1 heterocycles. The molecule has 0 radical (unpaired) electrons. The largest absolute Gasteiger partial charge is 0.318 e. The van der Waals surface area contributed by atoms with Gasteiger partial charge in [0.15, 0.2) is 0 Å². The third kappa shape index (κ3) is 2.75. The Hall–Kier alpha value is -1.97. The van der Waals surface area contributed by atoms with E-state index in [1.54, 1.807) is 11.3 Å². The lowest BCUT2D eigenvalue weighted by atomic mass is 10.0. The molecule has 2 aromatic carbocycles. The topological polar surface area (TPSA) is 38.9 Å². The van der Waals surface area contributed by atoms with Gasteiger partial charge in [0.2, 0.25) is 0 Å². The van der Waals surface area contributed by atoms with Gasteiger partial charge in [0.05, 0.1) is 11.7 Å². The number of benzene rings is 2. The number of rotatable bonds is 3. The molecule has 106 valence electrons. The first-order chi connectivity index (χ1) is 10.2. The number of nitrogens with zero attached hydrogens (tertiary/aromatic N) is 1. The van der Waals surface area contributed by atoms with Gasteiger partial charge in [-0.15, -0.1) is 11.3 Å². The smallest absolute Gasteiger partial charge is 0.115 e. The van der Waals surface area contributed by atoms with Crippen molar-refractivity contribution in [2.24, 2.45) is 5.73 Å². The van der Waals surface area contributed by atoms with Gasteiger partial charge in [-0.25, -0.2) is 4.98 Å². The van der Waals surface area contributed by atoms with E-state index >= 15 is 0 Å². The summed E-state index contributed by atoms with van der Waals surface area (Å²) < 4.78 is 0. The summed E-state index contributed by atoms with van der Waals surface area (Å²) in [5, 5.41) is 0.973. The maximum Gasteiger partial charge on any atom is 0.115 e. The minimum absolute atomic E-state index is 0.160. The van der Waals surface area contributed by atoms with E-state index in [2.05, 4.69) is 38.1 Å². The van der Waals surface area contributed by atoms with Crippen molar-refractivity contribution in [2.45, 2.75) is 19.9 Å². The van der Waals surface area contributed by atoms with Crippen molar-refractivity contribution in [2.75, 3.05) is 0 Å². The highest BCUT2D eigenvalue weighted by Gasteiger charge is 2.17. The van der Waals surface area contributed by atoms with Crippen molar-refractivity contribution in [1.29, 1.82) is 0 Å². The van der Waals surface area contributed by atoms with Crippen molar-refractivity contribution in [1.82, 2.24) is 4.98 Å². The summed E-state index contributed by atoms with van der Waals surface area (Å²) in [7, 11) is 0. The zero-order valence-electron chi connectivity index (χ0n) is 12.2. The molecule has 3 rings (SSSR count). The Morgan fingerprint density at radius 1 is 0.952 bits per heavy atom. The second-order valence-corrected chi connectivity index (χ2v) is 6.39. The SMILES string of the molecule is Cc1ccccc1C(N)c1nc(-c2ccccc2)c(C)s1. The van der Waals surface area contributed by atoms with Gasteiger partial charge < -0.3 is 5.73 Å². The summed E-state index contributed by atoms with van der Waals surface area (Å²) in [6, 6.07) is 18.3. The Labute approximate surface area is 129 Å². The maximum absolute atomic E-state index is 6.43. The highest BCUT2D eigenvalue weighted by molar-refractivity contribution is 7.12. The summed E-state index contributed by atoms with van der Waals surface area (Å²) in [5.74, 6) is 0. The molecule has 0 amide bonds. The molecule has 21 heavy (non-hydrogen) atoms. The number of nitrogens with two attached hydrogens (primary N) is 1. The van der Waals surface area contributed by atoms with E-state index in [0.29, 0.717) is 0 Å². The number of aromatic nitrogens is 1. The zero-order valence-corrected chi connectivity index (χ0v) is 13.0. The van der Waals surface area contributed by atoms with Crippen LogP contribution in [0.2, 0.25) is 0 Å². The Morgan fingerprint density at radius 2 is 1.62 bits per heavy atom. The molecule has 2 nitrogen and oxygen atoms in total. The first kappa shape index (κ1) is 14.0. The van der Waals surface area contributed by atoms with Gasteiger partial charge in [0, 0.05) is 10.4 Å². The van der Waals surface area contributed by atoms with Crippen LogP contribution in [0, 0.1) is 13.8 Å². The summed E-state index contributed by atoms with van der Waals surface area (Å²) >= 11 is 1.68. The normalized spacial score (nSPS) is 12.3. The van der Waals surface area contributed by atoms with Crippen LogP contribution in [-0.2, 0) is 0 Å². The molecule has 0 aliphatic rings. The Bertz CT molecular complexity index is 747. The molecule has 2 N–H and O–H groups in total. The minimum atomic E-state index is -0.160. The lowest BCUT2D eigenvalue weighted by molar-refractivity contribution is 0.850. The van der Waals surface area contributed by atoms with Gasteiger partial charge >= 0.3 is 0 Å². The maximum atomic E-state index is 6.43. The molecule has 1 atom stereocenters. The predicted molar refractivity (Wildman–Crippen MR) is 89.5 cm³/mol. The molecule has 0 bridgehead atoms. The van der Waals surface area contributed by atoms with Gasteiger partial charge in [0.25, 0.3) is 0 Å². The average Bonchev–Trinajstić information content (AvgIpc) is 2.90. The van der Waals surface area contributed by atoms with Crippen LogP contribution in [0.25, 0.3) is 11.3 Å². The highest BCUT2D eigenvalue weighted by atomic mass is 32.1. The highest BCUT2D eigenvalue weighted by Crippen LogP contribution is 2.32. The van der Waals surface area contributed by atoms with Crippen molar-refractivity contribution >= 4 is 11.3 Å². The molecular weight excluding hydrogens is 276 g/mol. The molecule has 0 saturated heterocycles. The molecule has 0 saturated carbocycles. The number of aryl methyl sites for hydroxylation is 2. The molecule has 3 heteroatoms. The van der Waals surface area contributed by atoms with E-state index in [9.17, 15) is 0 Å². The first-order valence-corrected chi connectivity index (χ1v) is 7.82. The predicted octanol–water partition coefficient (Wildman–Crippen LogP) is 4.48. The molecule has 0 aliphatic carbocycles. The minimum Gasteiger partial charge on any atom is -0.318 e. The molecule has 1 aromatic heterocycles. The van der Waals surface area contributed by atoms with Gasteiger partial charge in [-0.05, 0) is 25.0 Å². The van der Waals surface area contributed by atoms with Crippen molar-refractivity contribution in [3.8, 4) is 11.3 Å². The third-order valence-electron chi connectivity index (χ3n) is 3.65. The Balaban J connectivity index is 2.00. The molecule has 0 spiro atoms. The molecule has 0 fully saturated rings. The van der Waals surface area contributed by atoms with Crippen molar-refractivity contribution in [3.63, 3.8) is 0 Å². The van der Waals surface area contributed by atoms with Crippen molar-refractivity contribution < 1.29 is 0 Å². The van der Waals surface area contributed by atoms with Crippen LogP contribution < -0.4 is 5.73 Å². The lowest BCUT2D eigenvalue weighted by Crippen LogP contribution is -2.12. The standard InChI is InChI=1S/C18H18N2S/c1-12-8-6-7-11-15(12)16(19)18-20-17(13(2)21-18)14-9-4-3-5-10-14/h3-11,16H,19H2,1-2H3. The Morgan fingerprint density at radius 3 is 2.33 bits per heavy atom. The number of hydrogen-bond donors (Lipinski definition) is 1. The average molecular weight is 294 g/mol. The summed E-state index contributed by atoms with van der Waals surface area (Å²) in [6.07, 6.45) is 0. The fourth-order valence-corrected chi connectivity index (χ4v) is 3.45. The van der Waals surface area contributed by atoms with Crippen LogP contribution in [0.3, 0.4) is 0 Å². The summed E-state index contributed by atoms with van der Waals surface area (Å²) in [6.45, 7) is 4.20. The fourth-order valence-electron chi connectivity index (χ4n) is 2.48. The van der Waals surface area contributed by atoms with Gasteiger partial charge in [-0.3, -0.25) is 0 Å². The quantitative estimate of drug-likeness (QED) is 0.773. The first-order valence-electron chi connectivity index (χ1n) is 7.00. The van der Waals surface area contributed by atoms with E-state index in [1.165, 1.54) is 10.4 Å². The molecule has 0 aliphatic heterocycles. The van der Waals surface area contributed by atoms with Crippen LogP contribution in [0.5, 0.6) is 0 Å². The monoisotopic (exact) mass is 294 g/mol. The second-order valence-electron chi connectivity index (χ2n) is 5.16. The van der Waals surface area contributed by atoms with Crippen LogP contribution in [-0.4, -0.2) is 4.98 Å². The van der Waals surface area contributed by atoms with Crippen molar-refractivity contribution in [3.05, 3.63) is 75.6 Å². The van der Waals surface area contributed by atoms with E-state index in [-0.39, 0.29) is 6.04 Å². The van der Waals surface area contributed by atoms with Crippen LogP contribution in [0.1, 0.15) is 27.1 Å². The zero-order chi connectivity index (χ0) is 14.8. The lowest BCUT2D eigenvalue weighted by Gasteiger charge is -2.11. The molecular formula is C18H18N2S. The van der Waals surface area contributed by atoms with Gasteiger partial charge in [0.1, 0.15) is 5.01 Å². The third-order valence-corrected chi connectivity index (χ3v) is 4.70. The molecule has 3 aromatic rings. The Kier molecular flexibility index (Phi) is 3.86. The fraction of sp³-hybridized carbons (Fsp3) is 0.167. The van der Waals surface area contributed by atoms with Crippen LogP contribution in [0.15, 0.2) is 54.6 Å². The van der Waals surface area contributed by atoms with Crippen LogP contribution >= 0.6 is 11.3 Å². The summed E-state index contributed by atoms with van der Waals surface area (Å²) in [4.78, 5) is 6.00. The van der Waals surface area contributed by atoms with E-state index in [4.69, 9.17) is 10.7 Å². The van der Waals surface area contributed by atoms with E-state index in [1.807, 2.05) is 30.3 Å². The van der Waals surface area contributed by atoms with Gasteiger partial charge in [-0.2, -0.15) is 0 Å². The second kappa shape index (κ2) is 5.80.